The third-order valence-electron chi connectivity index (χ3n) is 3.06. The number of anilines is 1. The van der Waals surface area contributed by atoms with Gasteiger partial charge in [-0.15, -0.1) is 0 Å². The molecule has 0 fully saturated rings. The fourth-order valence-electron chi connectivity index (χ4n) is 1.99. The maximum Gasteiger partial charge on any atom is 0.239 e. The second-order valence-electron chi connectivity index (χ2n) is 6.15. The van der Waals surface area contributed by atoms with Crippen molar-refractivity contribution in [2.45, 2.75) is 39.8 Å². The fraction of sp³-hybridized carbons (Fsp3) is 0.562. The van der Waals surface area contributed by atoms with Crippen LogP contribution in [-0.4, -0.2) is 31.6 Å². The molecule has 0 aliphatic heterocycles. The molecule has 1 rings (SSSR count). The molecule has 0 aliphatic rings. The smallest absolute Gasteiger partial charge is 0.239 e. The Labute approximate surface area is 126 Å². The summed E-state index contributed by atoms with van der Waals surface area (Å²) in [5.41, 5.74) is 1.22. The van der Waals surface area contributed by atoms with Gasteiger partial charge in [0.25, 0.3) is 0 Å². The molecule has 5 heteroatoms. The van der Waals surface area contributed by atoms with E-state index in [0.717, 1.165) is 5.69 Å². The Bertz CT molecular complexity index is 483. The number of nitrogens with one attached hydrogen (secondary N) is 2. The fourth-order valence-corrected chi connectivity index (χ4v) is 1.99. The minimum atomic E-state index is -0.257. The van der Waals surface area contributed by atoms with Crippen LogP contribution in [0.2, 0.25) is 0 Å². The van der Waals surface area contributed by atoms with Crippen LogP contribution in [0.3, 0.4) is 0 Å². The third kappa shape index (κ3) is 5.71. The molecule has 4 nitrogen and oxygen atoms in total. The largest absolute Gasteiger partial charge is 0.365 e. The van der Waals surface area contributed by atoms with E-state index in [9.17, 15) is 9.18 Å². The van der Waals surface area contributed by atoms with E-state index in [-0.39, 0.29) is 23.8 Å². The van der Waals surface area contributed by atoms with Crippen molar-refractivity contribution < 1.29 is 9.18 Å². The average Bonchev–Trinajstić information content (AvgIpc) is 2.36. The highest BCUT2D eigenvalue weighted by Gasteiger charge is 2.16. The van der Waals surface area contributed by atoms with Crippen LogP contribution in [0, 0.1) is 5.82 Å². The van der Waals surface area contributed by atoms with Gasteiger partial charge in [0.1, 0.15) is 5.82 Å². The van der Waals surface area contributed by atoms with E-state index in [1.165, 1.54) is 6.07 Å². The summed E-state index contributed by atoms with van der Waals surface area (Å²) in [6, 6.07) is 4.95. The predicted molar refractivity (Wildman–Crippen MR) is 84.9 cm³/mol. The molecule has 2 N–H and O–H groups in total. The Morgan fingerprint density at radius 2 is 2.00 bits per heavy atom. The van der Waals surface area contributed by atoms with E-state index in [4.69, 9.17) is 0 Å². The topological polar surface area (TPSA) is 44.4 Å². The Balaban J connectivity index is 2.90. The maximum atomic E-state index is 14.1. The Hall–Kier alpha value is -1.62. The van der Waals surface area contributed by atoms with Crippen molar-refractivity contribution in [3.63, 3.8) is 0 Å². The Morgan fingerprint density at radius 1 is 1.33 bits per heavy atom. The highest BCUT2D eigenvalue weighted by molar-refractivity contribution is 5.81. The van der Waals surface area contributed by atoms with Crippen LogP contribution in [0.1, 0.15) is 33.3 Å². The number of hydrogen-bond donors (Lipinski definition) is 2. The first-order chi connectivity index (χ1) is 9.74. The van der Waals surface area contributed by atoms with Crippen molar-refractivity contribution in [1.29, 1.82) is 0 Å². The highest BCUT2D eigenvalue weighted by atomic mass is 19.1. The van der Waals surface area contributed by atoms with Gasteiger partial charge >= 0.3 is 0 Å². The first-order valence-corrected chi connectivity index (χ1v) is 7.25. The number of halogens is 1. The second kappa shape index (κ2) is 7.41. The number of benzene rings is 1. The number of rotatable bonds is 6. The summed E-state index contributed by atoms with van der Waals surface area (Å²) >= 11 is 0. The summed E-state index contributed by atoms with van der Waals surface area (Å²) in [7, 11) is 1.80. The van der Waals surface area contributed by atoms with E-state index in [1.807, 2.05) is 33.8 Å². The maximum absolute atomic E-state index is 14.1. The number of nitrogens with zero attached hydrogens (tertiary/aromatic N) is 1. The van der Waals surface area contributed by atoms with Gasteiger partial charge in [0.2, 0.25) is 5.91 Å². The molecule has 21 heavy (non-hydrogen) atoms. The van der Waals surface area contributed by atoms with Crippen molar-refractivity contribution in [2.24, 2.45) is 0 Å². The van der Waals surface area contributed by atoms with E-state index in [1.54, 1.807) is 18.0 Å². The first kappa shape index (κ1) is 17.4. The SMILES string of the molecule is CCNC(=O)CN(C)c1cccc(F)c1CNC(C)(C)C. The monoisotopic (exact) mass is 295 g/mol. The summed E-state index contributed by atoms with van der Waals surface area (Å²) in [5.74, 6) is -0.328. The third-order valence-corrected chi connectivity index (χ3v) is 3.06. The van der Waals surface area contributed by atoms with Gasteiger partial charge in [0.05, 0.1) is 6.54 Å². The standard InChI is InChI=1S/C16H26FN3O/c1-6-18-15(21)11-20(5)14-9-7-8-13(17)12(14)10-19-16(2,3)4/h7-9,19H,6,10-11H2,1-5H3,(H,18,21). The van der Waals surface area contributed by atoms with Crippen molar-refractivity contribution in [3.8, 4) is 0 Å². The van der Waals surface area contributed by atoms with Crippen LogP contribution >= 0.6 is 0 Å². The van der Waals surface area contributed by atoms with Gasteiger partial charge < -0.3 is 15.5 Å². The Morgan fingerprint density at radius 3 is 2.57 bits per heavy atom. The summed E-state index contributed by atoms with van der Waals surface area (Å²) in [5, 5.41) is 6.03. The lowest BCUT2D eigenvalue weighted by Crippen LogP contribution is -2.37. The van der Waals surface area contributed by atoms with Crippen LogP contribution in [-0.2, 0) is 11.3 Å². The summed E-state index contributed by atoms with van der Waals surface area (Å²) in [4.78, 5) is 13.4. The normalized spacial score (nSPS) is 11.3. The molecular formula is C16H26FN3O. The number of amides is 1. The van der Waals surface area contributed by atoms with Crippen molar-refractivity contribution >= 4 is 11.6 Å². The quantitative estimate of drug-likeness (QED) is 0.846. The Kier molecular flexibility index (Phi) is 6.15. The lowest BCUT2D eigenvalue weighted by Gasteiger charge is -2.25. The van der Waals surface area contributed by atoms with Crippen LogP contribution in [0.25, 0.3) is 0 Å². The molecule has 0 heterocycles. The molecule has 0 atom stereocenters. The molecule has 118 valence electrons. The molecule has 0 bridgehead atoms. The number of hydrogen-bond acceptors (Lipinski definition) is 3. The molecule has 0 spiro atoms. The van der Waals surface area contributed by atoms with Crippen molar-refractivity contribution in [2.75, 3.05) is 25.0 Å². The van der Waals surface area contributed by atoms with Gasteiger partial charge in [-0.25, -0.2) is 4.39 Å². The first-order valence-electron chi connectivity index (χ1n) is 7.25. The van der Waals surface area contributed by atoms with Crippen molar-refractivity contribution in [3.05, 3.63) is 29.6 Å². The number of carbonyl (C=O) groups is 1. The predicted octanol–water partition coefficient (Wildman–Crippen LogP) is 2.29. The van der Waals surface area contributed by atoms with Gasteiger partial charge in [-0.1, -0.05) is 6.07 Å². The molecule has 1 aromatic rings. The molecule has 1 amide bonds. The lowest BCUT2D eigenvalue weighted by molar-refractivity contribution is -0.119. The number of carbonyl (C=O) groups excluding carboxylic acids is 1. The van der Waals surface area contributed by atoms with Crippen LogP contribution in [0.15, 0.2) is 18.2 Å². The van der Waals surface area contributed by atoms with E-state index >= 15 is 0 Å². The van der Waals surface area contributed by atoms with Crippen molar-refractivity contribution in [1.82, 2.24) is 10.6 Å². The average molecular weight is 295 g/mol. The molecule has 0 saturated carbocycles. The van der Waals surface area contributed by atoms with Gasteiger partial charge in [0, 0.05) is 36.9 Å². The van der Waals surface area contributed by atoms with E-state index in [0.29, 0.717) is 18.7 Å². The van der Waals surface area contributed by atoms with Gasteiger partial charge in [-0.05, 0) is 39.8 Å². The molecular weight excluding hydrogens is 269 g/mol. The molecule has 0 aliphatic carbocycles. The van der Waals surface area contributed by atoms with Gasteiger partial charge in [0.15, 0.2) is 0 Å². The zero-order valence-electron chi connectivity index (χ0n) is 13.6. The summed E-state index contributed by atoms with van der Waals surface area (Å²) in [6.07, 6.45) is 0. The zero-order chi connectivity index (χ0) is 16.0. The molecule has 0 unspecified atom stereocenters. The zero-order valence-corrected chi connectivity index (χ0v) is 13.6. The second-order valence-corrected chi connectivity index (χ2v) is 6.15. The van der Waals surface area contributed by atoms with Crippen LogP contribution in [0.4, 0.5) is 10.1 Å². The van der Waals surface area contributed by atoms with E-state index < -0.39 is 0 Å². The van der Waals surface area contributed by atoms with Crippen LogP contribution < -0.4 is 15.5 Å². The van der Waals surface area contributed by atoms with E-state index in [2.05, 4.69) is 10.6 Å². The molecule has 0 saturated heterocycles. The highest BCUT2D eigenvalue weighted by Crippen LogP contribution is 2.22. The van der Waals surface area contributed by atoms with Crippen LogP contribution in [0.5, 0.6) is 0 Å². The summed E-state index contributed by atoms with van der Waals surface area (Å²) in [6.45, 7) is 9.20. The summed E-state index contributed by atoms with van der Waals surface area (Å²) < 4.78 is 14.1. The van der Waals surface area contributed by atoms with Gasteiger partial charge in [-0.3, -0.25) is 4.79 Å². The minimum absolute atomic E-state index is 0.0704. The van der Waals surface area contributed by atoms with Gasteiger partial charge in [-0.2, -0.15) is 0 Å². The minimum Gasteiger partial charge on any atom is -0.365 e. The molecule has 1 aromatic carbocycles. The number of likely N-dealkylation sites (N-methyl/N-ethyl adjacent to an activating group) is 2. The lowest BCUT2D eigenvalue weighted by atomic mass is 10.1. The molecule has 0 radical (unpaired) electrons. The molecule has 0 aromatic heterocycles.